The van der Waals surface area contributed by atoms with Crippen LogP contribution in [0, 0.1) is 11.2 Å². The largest absolute Gasteiger partial charge is 0.371 e. The number of rotatable bonds is 4. The van der Waals surface area contributed by atoms with E-state index >= 15 is 0 Å². The fourth-order valence-corrected chi connectivity index (χ4v) is 3.15. The Balaban J connectivity index is 2.29. The van der Waals surface area contributed by atoms with Crippen LogP contribution in [0.1, 0.15) is 51.6 Å². The van der Waals surface area contributed by atoms with Gasteiger partial charge in [0, 0.05) is 24.8 Å². The van der Waals surface area contributed by atoms with E-state index < -0.39 is 0 Å². The molecule has 1 saturated heterocycles. The van der Waals surface area contributed by atoms with Crippen LogP contribution < -0.4 is 10.6 Å². The number of nitrogens with two attached hydrogens (primary N) is 1. The van der Waals surface area contributed by atoms with Gasteiger partial charge in [-0.3, -0.25) is 0 Å². The molecule has 0 aliphatic carbocycles. The van der Waals surface area contributed by atoms with Gasteiger partial charge in [0.1, 0.15) is 5.82 Å². The maximum atomic E-state index is 13.4. The van der Waals surface area contributed by atoms with E-state index in [1.165, 1.54) is 19.3 Å². The third kappa shape index (κ3) is 2.76. The fraction of sp³-hybridized carbons (Fsp3) is 0.625. The predicted octanol–water partition coefficient (Wildman–Crippen LogP) is 3.86. The summed E-state index contributed by atoms with van der Waals surface area (Å²) in [5, 5.41) is 0. The minimum Gasteiger partial charge on any atom is -0.371 e. The van der Waals surface area contributed by atoms with Crippen LogP contribution in [0.15, 0.2) is 18.2 Å². The first-order valence-electron chi connectivity index (χ1n) is 7.31. The van der Waals surface area contributed by atoms with Crippen molar-refractivity contribution in [3.8, 4) is 0 Å². The highest BCUT2D eigenvalue weighted by Crippen LogP contribution is 2.40. The zero-order valence-corrected chi connectivity index (χ0v) is 12.2. The lowest BCUT2D eigenvalue weighted by Crippen LogP contribution is -2.27. The molecule has 1 aliphatic rings. The maximum absolute atomic E-state index is 13.4. The van der Waals surface area contributed by atoms with Gasteiger partial charge in [0.25, 0.3) is 0 Å². The molecule has 1 atom stereocenters. The van der Waals surface area contributed by atoms with Crippen LogP contribution in [0.4, 0.5) is 10.1 Å². The SMILES string of the molecule is CCC1(CC)CCN(c2ccc(F)cc2C(C)N)C1. The molecular formula is C16H25FN2. The molecule has 106 valence electrons. The molecule has 1 aromatic carbocycles. The molecular weight excluding hydrogens is 239 g/mol. The molecule has 2 N–H and O–H groups in total. The highest BCUT2D eigenvalue weighted by molar-refractivity contribution is 5.56. The lowest BCUT2D eigenvalue weighted by Gasteiger charge is -2.28. The molecule has 1 heterocycles. The zero-order valence-electron chi connectivity index (χ0n) is 12.2. The van der Waals surface area contributed by atoms with Crippen molar-refractivity contribution in [3.05, 3.63) is 29.6 Å². The number of hydrogen-bond donors (Lipinski definition) is 1. The molecule has 1 aliphatic heterocycles. The summed E-state index contributed by atoms with van der Waals surface area (Å²) in [7, 11) is 0. The molecule has 0 radical (unpaired) electrons. The van der Waals surface area contributed by atoms with E-state index in [0.717, 1.165) is 24.3 Å². The zero-order chi connectivity index (χ0) is 14.0. The van der Waals surface area contributed by atoms with Crippen LogP contribution in [-0.2, 0) is 0 Å². The van der Waals surface area contributed by atoms with E-state index in [0.29, 0.717) is 5.41 Å². The summed E-state index contributed by atoms with van der Waals surface area (Å²) in [5.74, 6) is -0.201. The Morgan fingerprint density at radius 2 is 2.05 bits per heavy atom. The summed E-state index contributed by atoms with van der Waals surface area (Å²) >= 11 is 0. The van der Waals surface area contributed by atoms with E-state index in [1.807, 2.05) is 13.0 Å². The van der Waals surface area contributed by atoms with Gasteiger partial charge >= 0.3 is 0 Å². The van der Waals surface area contributed by atoms with Crippen molar-refractivity contribution in [2.75, 3.05) is 18.0 Å². The highest BCUT2D eigenvalue weighted by atomic mass is 19.1. The van der Waals surface area contributed by atoms with Crippen LogP contribution >= 0.6 is 0 Å². The number of benzene rings is 1. The van der Waals surface area contributed by atoms with Crippen molar-refractivity contribution in [3.63, 3.8) is 0 Å². The summed E-state index contributed by atoms with van der Waals surface area (Å²) in [6.45, 7) is 8.56. The van der Waals surface area contributed by atoms with E-state index in [4.69, 9.17) is 5.73 Å². The van der Waals surface area contributed by atoms with E-state index in [2.05, 4.69) is 18.7 Å². The van der Waals surface area contributed by atoms with E-state index in [1.54, 1.807) is 12.1 Å². The van der Waals surface area contributed by atoms with Gasteiger partial charge in [-0.25, -0.2) is 4.39 Å². The average Bonchev–Trinajstić information content (AvgIpc) is 2.83. The van der Waals surface area contributed by atoms with Gasteiger partial charge in [-0.15, -0.1) is 0 Å². The Morgan fingerprint density at radius 1 is 1.37 bits per heavy atom. The minimum atomic E-state index is -0.201. The van der Waals surface area contributed by atoms with E-state index in [-0.39, 0.29) is 11.9 Å². The number of hydrogen-bond acceptors (Lipinski definition) is 2. The monoisotopic (exact) mass is 264 g/mol. The standard InChI is InChI=1S/C16H25FN2/c1-4-16(5-2)8-9-19(11-16)15-7-6-13(17)10-14(15)12(3)18/h6-7,10,12H,4-5,8-9,11,18H2,1-3H3. The van der Waals surface area contributed by atoms with Gasteiger partial charge in [-0.1, -0.05) is 13.8 Å². The summed E-state index contributed by atoms with van der Waals surface area (Å²) in [4.78, 5) is 2.38. The molecule has 0 aromatic heterocycles. The van der Waals surface area contributed by atoms with Crippen molar-refractivity contribution >= 4 is 5.69 Å². The number of anilines is 1. The lowest BCUT2D eigenvalue weighted by atomic mass is 9.82. The van der Waals surface area contributed by atoms with Crippen LogP contribution in [0.2, 0.25) is 0 Å². The van der Waals surface area contributed by atoms with Gasteiger partial charge < -0.3 is 10.6 Å². The number of halogens is 1. The first-order chi connectivity index (χ1) is 9.01. The van der Waals surface area contributed by atoms with Gasteiger partial charge in [0.2, 0.25) is 0 Å². The van der Waals surface area contributed by atoms with Gasteiger partial charge in [-0.2, -0.15) is 0 Å². The topological polar surface area (TPSA) is 29.3 Å². The van der Waals surface area contributed by atoms with Crippen LogP contribution in [0.3, 0.4) is 0 Å². The summed E-state index contributed by atoms with van der Waals surface area (Å²) in [6.07, 6.45) is 3.62. The molecule has 1 aromatic rings. The Morgan fingerprint density at radius 3 is 2.58 bits per heavy atom. The molecule has 0 amide bonds. The Labute approximate surface area is 115 Å². The maximum Gasteiger partial charge on any atom is 0.123 e. The lowest BCUT2D eigenvalue weighted by molar-refractivity contribution is 0.301. The van der Waals surface area contributed by atoms with Gasteiger partial charge in [0.15, 0.2) is 0 Å². The van der Waals surface area contributed by atoms with Crippen LogP contribution in [0.5, 0.6) is 0 Å². The summed E-state index contributed by atoms with van der Waals surface area (Å²) in [6, 6.07) is 4.87. The normalized spacial score (nSPS) is 19.7. The van der Waals surface area contributed by atoms with Crippen molar-refractivity contribution in [2.45, 2.75) is 46.1 Å². The average molecular weight is 264 g/mol. The molecule has 3 heteroatoms. The first-order valence-corrected chi connectivity index (χ1v) is 7.31. The fourth-order valence-electron chi connectivity index (χ4n) is 3.15. The quantitative estimate of drug-likeness (QED) is 0.894. The second-order valence-corrected chi connectivity index (χ2v) is 5.87. The van der Waals surface area contributed by atoms with Gasteiger partial charge in [-0.05, 0) is 55.4 Å². The van der Waals surface area contributed by atoms with Crippen LogP contribution in [-0.4, -0.2) is 13.1 Å². The number of nitrogens with zero attached hydrogens (tertiary/aromatic N) is 1. The smallest absolute Gasteiger partial charge is 0.123 e. The molecule has 2 nitrogen and oxygen atoms in total. The third-order valence-electron chi connectivity index (χ3n) is 4.76. The van der Waals surface area contributed by atoms with E-state index in [9.17, 15) is 4.39 Å². The van der Waals surface area contributed by atoms with Crippen molar-refractivity contribution in [2.24, 2.45) is 11.1 Å². The van der Waals surface area contributed by atoms with Crippen molar-refractivity contribution < 1.29 is 4.39 Å². The van der Waals surface area contributed by atoms with Crippen molar-refractivity contribution in [1.29, 1.82) is 0 Å². The third-order valence-corrected chi connectivity index (χ3v) is 4.76. The Bertz CT molecular complexity index is 438. The van der Waals surface area contributed by atoms with Gasteiger partial charge in [0.05, 0.1) is 0 Å². The summed E-state index contributed by atoms with van der Waals surface area (Å²) < 4.78 is 13.4. The second kappa shape index (κ2) is 5.49. The molecule has 0 bridgehead atoms. The molecule has 1 fully saturated rings. The highest BCUT2D eigenvalue weighted by Gasteiger charge is 2.35. The Kier molecular flexibility index (Phi) is 4.14. The molecule has 0 spiro atoms. The predicted molar refractivity (Wildman–Crippen MR) is 78.8 cm³/mol. The molecule has 19 heavy (non-hydrogen) atoms. The molecule has 1 unspecified atom stereocenters. The molecule has 0 saturated carbocycles. The van der Waals surface area contributed by atoms with Crippen LogP contribution in [0.25, 0.3) is 0 Å². The van der Waals surface area contributed by atoms with Crippen molar-refractivity contribution in [1.82, 2.24) is 0 Å². The second-order valence-electron chi connectivity index (χ2n) is 5.87. The first kappa shape index (κ1) is 14.3. The minimum absolute atomic E-state index is 0.135. The summed E-state index contributed by atoms with van der Waals surface area (Å²) in [5.41, 5.74) is 8.44. The molecule has 2 rings (SSSR count). The Hall–Kier alpha value is -1.09.